The first-order valence-electron chi connectivity index (χ1n) is 8.04. The Morgan fingerprint density at radius 2 is 1.62 bits per heavy atom. The molecule has 0 aromatic heterocycles. The average Bonchev–Trinajstić information content (AvgIpc) is 2.37. The van der Waals surface area contributed by atoms with Crippen LogP contribution < -0.4 is 5.73 Å². The van der Waals surface area contributed by atoms with E-state index in [1.54, 1.807) is 4.31 Å². The predicted molar refractivity (Wildman–Crippen MR) is 86.5 cm³/mol. The molecular formula is C15H31N3O2S. The van der Waals surface area contributed by atoms with Crippen LogP contribution in [-0.2, 0) is 10.0 Å². The second kappa shape index (κ2) is 6.14. The zero-order valence-corrected chi connectivity index (χ0v) is 14.7. The van der Waals surface area contributed by atoms with Crippen LogP contribution in [0.5, 0.6) is 0 Å². The van der Waals surface area contributed by atoms with E-state index in [-0.39, 0.29) is 6.04 Å². The monoisotopic (exact) mass is 317 g/mol. The second-order valence-corrected chi connectivity index (χ2v) is 9.79. The molecular weight excluding hydrogens is 286 g/mol. The third kappa shape index (κ3) is 4.18. The molecule has 21 heavy (non-hydrogen) atoms. The average molecular weight is 317 g/mol. The molecule has 5 nitrogen and oxygen atoms in total. The summed E-state index contributed by atoms with van der Waals surface area (Å²) in [5.41, 5.74) is 6.69. The van der Waals surface area contributed by atoms with E-state index in [1.165, 1.54) is 12.7 Å². The van der Waals surface area contributed by atoms with Gasteiger partial charge in [0.1, 0.15) is 0 Å². The fraction of sp³-hybridized carbons (Fsp3) is 1.00. The zero-order valence-electron chi connectivity index (χ0n) is 13.9. The van der Waals surface area contributed by atoms with Crippen molar-refractivity contribution in [1.82, 2.24) is 9.21 Å². The maximum atomic E-state index is 11.6. The number of nitrogens with zero attached hydrogens (tertiary/aromatic N) is 2. The van der Waals surface area contributed by atoms with Crippen molar-refractivity contribution < 1.29 is 8.42 Å². The van der Waals surface area contributed by atoms with Crippen molar-refractivity contribution in [2.45, 2.75) is 52.1 Å². The Kier molecular flexibility index (Phi) is 5.03. The lowest BCUT2D eigenvalue weighted by atomic mass is 9.69. The Morgan fingerprint density at radius 1 is 1.05 bits per heavy atom. The first kappa shape index (κ1) is 17.2. The van der Waals surface area contributed by atoms with E-state index in [0.29, 0.717) is 30.5 Å². The molecule has 124 valence electrons. The minimum atomic E-state index is -3.05. The van der Waals surface area contributed by atoms with E-state index in [2.05, 4.69) is 25.7 Å². The van der Waals surface area contributed by atoms with Crippen LogP contribution in [-0.4, -0.2) is 62.1 Å². The van der Waals surface area contributed by atoms with E-state index in [1.807, 2.05) is 0 Å². The molecule has 1 aliphatic heterocycles. The lowest BCUT2D eigenvalue weighted by Crippen LogP contribution is -2.58. The van der Waals surface area contributed by atoms with Crippen LogP contribution in [0.25, 0.3) is 0 Å². The van der Waals surface area contributed by atoms with Gasteiger partial charge in [-0.3, -0.25) is 4.90 Å². The molecule has 1 saturated carbocycles. The van der Waals surface area contributed by atoms with Crippen molar-refractivity contribution in [2.24, 2.45) is 17.1 Å². The van der Waals surface area contributed by atoms with E-state index in [4.69, 9.17) is 5.73 Å². The molecule has 0 bridgehead atoms. The quantitative estimate of drug-likeness (QED) is 0.828. The molecule has 3 atom stereocenters. The smallest absolute Gasteiger partial charge is 0.211 e. The van der Waals surface area contributed by atoms with Gasteiger partial charge in [-0.05, 0) is 30.6 Å². The SMILES string of the molecule is CC(C)(C)C1CCC(N)C(N2CCN(S(C)(=O)=O)CC2)C1. The minimum Gasteiger partial charge on any atom is -0.326 e. The topological polar surface area (TPSA) is 66.6 Å². The molecule has 2 N–H and O–H groups in total. The third-order valence-corrected chi connectivity index (χ3v) is 6.61. The first-order valence-corrected chi connectivity index (χ1v) is 9.88. The highest BCUT2D eigenvalue weighted by Gasteiger charge is 2.38. The lowest BCUT2D eigenvalue weighted by Gasteiger charge is -2.47. The van der Waals surface area contributed by atoms with Gasteiger partial charge < -0.3 is 5.73 Å². The molecule has 2 rings (SSSR count). The normalized spacial score (nSPS) is 34.0. The molecule has 1 heterocycles. The summed E-state index contributed by atoms with van der Waals surface area (Å²) < 4.78 is 24.8. The zero-order chi connectivity index (χ0) is 15.8. The van der Waals surface area contributed by atoms with Crippen molar-refractivity contribution >= 4 is 10.0 Å². The van der Waals surface area contributed by atoms with Crippen molar-refractivity contribution in [3.05, 3.63) is 0 Å². The Labute approximate surface area is 129 Å². The van der Waals surface area contributed by atoms with Crippen LogP contribution >= 0.6 is 0 Å². The van der Waals surface area contributed by atoms with Gasteiger partial charge in [-0.2, -0.15) is 4.31 Å². The molecule has 0 amide bonds. The van der Waals surface area contributed by atoms with Crippen LogP contribution in [0.15, 0.2) is 0 Å². The first-order chi connectivity index (χ1) is 9.59. The van der Waals surface area contributed by atoms with Crippen molar-refractivity contribution in [1.29, 1.82) is 0 Å². The van der Waals surface area contributed by atoms with Gasteiger partial charge in [0.15, 0.2) is 0 Å². The van der Waals surface area contributed by atoms with Crippen LogP contribution in [0.4, 0.5) is 0 Å². The summed E-state index contributed by atoms with van der Waals surface area (Å²) in [5.74, 6) is 0.704. The molecule has 3 unspecified atom stereocenters. The molecule has 2 aliphatic rings. The van der Waals surface area contributed by atoms with Crippen LogP contribution in [0.2, 0.25) is 0 Å². The Bertz CT molecular complexity index is 450. The maximum Gasteiger partial charge on any atom is 0.211 e. The summed E-state index contributed by atoms with van der Waals surface area (Å²) in [5, 5.41) is 0. The summed E-state index contributed by atoms with van der Waals surface area (Å²) in [6.07, 6.45) is 4.73. The molecule has 1 saturated heterocycles. The van der Waals surface area contributed by atoms with E-state index in [9.17, 15) is 8.42 Å². The van der Waals surface area contributed by atoms with E-state index in [0.717, 1.165) is 25.9 Å². The minimum absolute atomic E-state index is 0.230. The van der Waals surface area contributed by atoms with Gasteiger partial charge >= 0.3 is 0 Å². The van der Waals surface area contributed by atoms with Crippen molar-refractivity contribution in [3.8, 4) is 0 Å². The van der Waals surface area contributed by atoms with Crippen LogP contribution in [0.3, 0.4) is 0 Å². The van der Waals surface area contributed by atoms with Crippen molar-refractivity contribution in [3.63, 3.8) is 0 Å². The second-order valence-electron chi connectivity index (χ2n) is 7.81. The summed E-state index contributed by atoms with van der Waals surface area (Å²) in [7, 11) is -3.05. The molecule has 1 aliphatic carbocycles. The fourth-order valence-corrected chi connectivity index (χ4v) is 4.57. The molecule has 2 fully saturated rings. The van der Waals surface area contributed by atoms with Gasteiger partial charge in [0.05, 0.1) is 6.26 Å². The lowest BCUT2D eigenvalue weighted by molar-refractivity contribution is 0.0503. The molecule has 0 radical (unpaired) electrons. The number of hydrogen-bond acceptors (Lipinski definition) is 4. The van der Waals surface area contributed by atoms with Gasteiger partial charge in [-0.25, -0.2) is 8.42 Å². The number of hydrogen-bond donors (Lipinski definition) is 1. The third-order valence-electron chi connectivity index (χ3n) is 5.30. The maximum absolute atomic E-state index is 11.6. The molecule has 0 spiro atoms. The highest BCUT2D eigenvalue weighted by atomic mass is 32.2. The summed E-state index contributed by atoms with van der Waals surface area (Å²) in [6, 6.07) is 0.637. The number of piperazine rings is 1. The van der Waals surface area contributed by atoms with Crippen molar-refractivity contribution in [2.75, 3.05) is 32.4 Å². The molecule has 0 aromatic rings. The standard InChI is InChI=1S/C15H31N3O2S/c1-15(2,3)12-5-6-13(16)14(11-12)17-7-9-18(10-8-17)21(4,19)20/h12-14H,5-11,16H2,1-4H3. The summed E-state index contributed by atoms with van der Waals surface area (Å²) >= 11 is 0. The van der Waals surface area contributed by atoms with E-state index >= 15 is 0 Å². The Hall–Kier alpha value is -0.170. The largest absolute Gasteiger partial charge is 0.326 e. The van der Waals surface area contributed by atoms with Gasteiger partial charge in [0.25, 0.3) is 0 Å². The van der Waals surface area contributed by atoms with Crippen LogP contribution in [0, 0.1) is 11.3 Å². The Morgan fingerprint density at radius 3 is 2.10 bits per heavy atom. The summed E-state index contributed by atoms with van der Waals surface area (Å²) in [6.45, 7) is 9.75. The Balaban J connectivity index is 1.98. The highest BCUT2D eigenvalue weighted by molar-refractivity contribution is 7.88. The van der Waals surface area contributed by atoms with Gasteiger partial charge in [-0.15, -0.1) is 0 Å². The summed E-state index contributed by atoms with van der Waals surface area (Å²) in [4.78, 5) is 2.42. The fourth-order valence-electron chi connectivity index (χ4n) is 3.74. The predicted octanol–water partition coefficient (Wildman–Crippen LogP) is 1.11. The van der Waals surface area contributed by atoms with Gasteiger partial charge in [0.2, 0.25) is 10.0 Å². The highest BCUT2D eigenvalue weighted by Crippen LogP contribution is 2.39. The van der Waals surface area contributed by atoms with Gasteiger partial charge in [-0.1, -0.05) is 20.8 Å². The number of sulfonamides is 1. The van der Waals surface area contributed by atoms with Gasteiger partial charge in [0, 0.05) is 38.3 Å². The number of rotatable bonds is 2. The van der Waals surface area contributed by atoms with E-state index < -0.39 is 10.0 Å². The van der Waals surface area contributed by atoms with Crippen LogP contribution in [0.1, 0.15) is 40.0 Å². The molecule has 6 heteroatoms. The molecule has 0 aromatic carbocycles. The number of nitrogens with two attached hydrogens (primary N) is 1.